The van der Waals surface area contributed by atoms with Gasteiger partial charge in [-0.15, -0.1) is 11.3 Å². The molecular weight excluding hydrogens is 422 g/mol. The molecule has 0 saturated carbocycles. The molecule has 2 fully saturated rings. The molecule has 1 unspecified atom stereocenters. The van der Waals surface area contributed by atoms with Gasteiger partial charge in [-0.3, -0.25) is 9.59 Å². The SMILES string of the molecule is O=C1C(c2cccs2)=C(N2CCCC(CO)C2)C(=O)N1c1ccc(N2CCCCC2)cc1. The lowest BCUT2D eigenvalue weighted by molar-refractivity contribution is -0.120. The zero-order valence-corrected chi connectivity index (χ0v) is 19.0. The molecule has 4 heterocycles. The molecule has 3 aliphatic rings. The van der Waals surface area contributed by atoms with Crippen molar-refractivity contribution in [2.24, 2.45) is 5.92 Å². The molecule has 2 aromatic rings. The zero-order valence-electron chi connectivity index (χ0n) is 18.2. The molecule has 5 rings (SSSR count). The van der Waals surface area contributed by atoms with Crippen LogP contribution in [0.2, 0.25) is 0 Å². The number of hydrogen-bond donors (Lipinski definition) is 1. The Morgan fingerprint density at radius 2 is 1.59 bits per heavy atom. The number of imide groups is 1. The Hall–Kier alpha value is -2.64. The minimum atomic E-state index is -0.261. The average molecular weight is 452 g/mol. The second-order valence-corrected chi connectivity index (χ2v) is 9.80. The second kappa shape index (κ2) is 9.08. The van der Waals surface area contributed by atoms with Crippen molar-refractivity contribution in [3.63, 3.8) is 0 Å². The van der Waals surface area contributed by atoms with Crippen molar-refractivity contribution in [3.05, 3.63) is 52.4 Å². The first-order chi connectivity index (χ1) is 15.7. The van der Waals surface area contributed by atoms with E-state index in [1.165, 1.54) is 35.5 Å². The number of carbonyl (C=O) groups is 2. The number of thiophene rings is 1. The lowest BCUT2D eigenvalue weighted by Crippen LogP contribution is -2.40. The minimum Gasteiger partial charge on any atom is -0.396 e. The molecule has 1 aromatic carbocycles. The van der Waals surface area contributed by atoms with E-state index in [4.69, 9.17) is 0 Å². The van der Waals surface area contributed by atoms with Crippen LogP contribution in [0.4, 0.5) is 11.4 Å². The summed E-state index contributed by atoms with van der Waals surface area (Å²) in [6.45, 7) is 3.52. The van der Waals surface area contributed by atoms with Gasteiger partial charge in [-0.05, 0) is 73.7 Å². The van der Waals surface area contributed by atoms with Crippen LogP contribution in [-0.4, -0.2) is 54.6 Å². The maximum absolute atomic E-state index is 13.6. The number of rotatable bonds is 5. The number of piperidine rings is 2. The first kappa shape index (κ1) is 21.2. The van der Waals surface area contributed by atoms with Gasteiger partial charge in [0, 0.05) is 43.4 Å². The van der Waals surface area contributed by atoms with Crippen LogP contribution in [0.3, 0.4) is 0 Å². The molecule has 2 saturated heterocycles. The number of anilines is 2. The summed E-state index contributed by atoms with van der Waals surface area (Å²) in [6.07, 6.45) is 5.52. The Kier molecular flexibility index (Phi) is 6.02. The molecule has 32 heavy (non-hydrogen) atoms. The van der Waals surface area contributed by atoms with E-state index in [2.05, 4.69) is 4.90 Å². The maximum atomic E-state index is 13.6. The Bertz CT molecular complexity index is 1010. The lowest BCUT2D eigenvalue weighted by atomic mass is 9.98. The third-order valence-electron chi connectivity index (χ3n) is 6.75. The monoisotopic (exact) mass is 451 g/mol. The van der Waals surface area contributed by atoms with E-state index in [0.717, 1.165) is 43.0 Å². The number of likely N-dealkylation sites (tertiary alicyclic amines) is 1. The van der Waals surface area contributed by atoms with Gasteiger partial charge in [0.25, 0.3) is 11.8 Å². The Balaban J connectivity index is 1.47. The molecule has 2 amide bonds. The predicted octanol–water partition coefficient (Wildman–Crippen LogP) is 3.73. The summed E-state index contributed by atoms with van der Waals surface area (Å²) in [6, 6.07) is 11.6. The number of amides is 2. The van der Waals surface area contributed by atoms with Crippen LogP contribution in [0.25, 0.3) is 5.57 Å². The normalized spacial score (nSPS) is 22.3. The minimum absolute atomic E-state index is 0.0991. The van der Waals surface area contributed by atoms with Crippen molar-refractivity contribution < 1.29 is 14.7 Å². The topological polar surface area (TPSA) is 64.1 Å². The third kappa shape index (κ3) is 3.84. The molecule has 1 aromatic heterocycles. The van der Waals surface area contributed by atoms with Crippen LogP contribution < -0.4 is 9.80 Å². The highest BCUT2D eigenvalue weighted by Crippen LogP contribution is 2.38. The number of hydrogen-bond acceptors (Lipinski definition) is 6. The van der Waals surface area contributed by atoms with Crippen LogP contribution in [0.5, 0.6) is 0 Å². The van der Waals surface area contributed by atoms with Gasteiger partial charge in [-0.1, -0.05) is 6.07 Å². The first-order valence-corrected chi connectivity index (χ1v) is 12.4. The highest BCUT2D eigenvalue weighted by molar-refractivity contribution is 7.11. The van der Waals surface area contributed by atoms with Gasteiger partial charge in [0.15, 0.2) is 0 Å². The zero-order chi connectivity index (χ0) is 22.1. The van der Waals surface area contributed by atoms with E-state index in [0.29, 0.717) is 23.5 Å². The summed E-state index contributed by atoms with van der Waals surface area (Å²) >= 11 is 1.48. The standard InChI is InChI=1S/C25H29N3O3S/c29-17-18-6-4-14-27(16-18)23-22(21-7-5-15-32-21)24(30)28(25(23)31)20-10-8-19(9-11-20)26-12-2-1-3-13-26/h5,7-11,15,18,29H,1-4,6,12-14,16-17H2. The lowest BCUT2D eigenvalue weighted by Gasteiger charge is -2.34. The molecule has 0 bridgehead atoms. The summed E-state index contributed by atoms with van der Waals surface area (Å²) in [4.78, 5) is 33.7. The number of aliphatic hydroxyl groups is 1. The van der Waals surface area contributed by atoms with E-state index in [1.807, 2.05) is 46.7 Å². The van der Waals surface area contributed by atoms with Crippen molar-refractivity contribution in [2.45, 2.75) is 32.1 Å². The van der Waals surface area contributed by atoms with E-state index in [9.17, 15) is 14.7 Å². The molecule has 1 atom stereocenters. The van der Waals surface area contributed by atoms with Gasteiger partial charge in [0.2, 0.25) is 0 Å². The molecule has 0 radical (unpaired) electrons. The van der Waals surface area contributed by atoms with Gasteiger partial charge in [-0.25, -0.2) is 4.90 Å². The number of nitrogens with zero attached hydrogens (tertiary/aromatic N) is 3. The second-order valence-electron chi connectivity index (χ2n) is 8.85. The molecular formula is C25H29N3O3S. The number of benzene rings is 1. The van der Waals surface area contributed by atoms with Crippen molar-refractivity contribution in [3.8, 4) is 0 Å². The van der Waals surface area contributed by atoms with Crippen LogP contribution in [-0.2, 0) is 9.59 Å². The summed E-state index contributed by atoms with van der Waals surface area (Å²) in [5.74, 6) is -0.395. The van der Waals surface area contributed by atoms with Crippen molar-refractivity contribution >= 4 is 40.1 Å². The van der Waals surface area contributed by atoms with Crippen LogP contribution in [0, 0.1) is 5.92 Å². The van der Waals surface area contributed by atoms with Gasteiger partial charge in [0.1, 0.15) is 5.70 Å². The first-order valence-electron chi connectivity index (χ1n) is 11.5. The largest absolute Gasteiger partial charge is 0.396 e. The fraction of sp³-hybridized carbons (Fsp3) is 0.440. The quantitative estimate of drug-likeness (QED) is 0.702. The number of carbonyl (C=O) groups excluding carboxylic acids is 2. The summed E-state index contributed by atoms with van der Waals surface area (Å²) in [5, 5.41) is 11.6. The Morgan fingerprint density at radius 1 is 0.875 bits per heavy atom. The average Bonchev–Trinajstić information content (AvgIpc) is 3.46. The molecule has 0 aliphatic carbocycles. The van der Waals surface area contributed by atoms with E-state index in [1.54, 1.807) is 0 Å². The fourth-order valence-electron chi connectivity index (χ4n) is 5.07. The van der Waals surface area contributed by atoms with Crippen molar-refractivity contribution in [2.75, 3.05) is 42.6 Å². The Morgan fingerprint density at radius 3 is 2.28 bits per heavy atom. The molecule has 0 spiro atoms. The van der Waals surface area contributed by atoms with Crippen molar-refractivity contribution in [1.29, 1.82) is 0 Å². The predicted molar refractivity (Wildman–Crippen MR) is 128 cm³/mol. The van der Waals surface area contributed by atoms with E-state index >= 15 is 0 Å². The highest BCUT2D eigenvalue weighted by atomic mass is 32.1. The van der Waals surface area contributed by atoms with Crippen molar-refractivity contribution in [1.82, 2.24) is 4.90 Å². The maximum Gasteiger partial charge on any atom is 0.282 e. The Labute approximate surface area is 192 Å². The molecule has 6 nitrogen and oxygen atoms in total. The number of aliphatic hydroxyl groups excluding tert-OH is 1. The van der Waals surface area contributed by atoms with E-state index in [-0.39, 0.29) is 24.3 Å². The summed E-state index contributed by atoms with van der Waals surface area (Å²) in [5.41, 5.74) is 2.72. The molecule has 168 valence electrons. The smallest absolute Gasteiger partial charge is 0.282 e. The van der Waals surface area contributed by atoms with Gasteiger partial charge in [-0.2, -0.15) is 0 Å². The molecule has 7 heteroatoms. The van der Waals surface area contributed by atoms with Crippen LogP contribution in [0.1, 0.15) is 37.0 Å². The van der Waals surface area contributed by atoms with Gasteiger partial charge < -0.3 is 14.9 Å². The molecule has 3 aliphatic heterocycles. The van der Waals surface area contributed by atoms with Gasteiger partial charge in [0.05, 0.1) is 11.3 Å². The molecule has 1 N–H and O–H groups in total. The highest BCUT2D eigenvalue weighted by Gasteiger charge is 2.43. The van der Waals surface area contributed by atoms with Crippen LogP contribution in [0.15, 0.2) is 47.5 Å². The van der Waals surface area contributed by atoms with Crippen LogP contribution >= 0.6 is 11.3 Å². The summed E-state index contributed by atoms with van der Waals surface area (Å²) < 4.78 is 0. The van der Waals surface area contributed by atoms with Gasteiger partial charge >= 0.3 is 0 Å². The van der Waals surface area contributed by atoms with E-state index < -0.39 is 0 Å². The third-order valence-corrected chi connectivity index (χ3v) is 7.64. The summed E-state index contributed by atoms with van der Waals surface area (Å²) in [7, 11) is 0. The fourth-order valence-corrected chi connectivity index (χ4v) is 5.83.